The molecule has 2 unspecified atom stereocenters. The summed E-state index contributed by atoms with van der Waals surface area (Å²) in [6.07, 6.45) is 8.56. The molecule has 0 aromatic heterocycles. The van der Waals surface area contributed by atoms with Gasteiger partial charge in [0, 0.05) is 17.5 Å². The van der Waals surface area contributed by atoms with Gasteiger partial charge in [0.05, 0.1) is 12.7 Å². The molecule has 2 atom stereocenters. The molecule has 2 aliphatic rings. The van der Waals surface area contributed by atoms with E-state index in [4.69, 9.17) is 10.5 Å². The molecular formula is C12H23NOS. The minimum atomic E-state index is 0.279. The lowest BCUT2D eigenvalue weighted by atomic mass is 9.84. The Kier molecular flexibility index (Phi) is 4.79. The van der Waals surface area contributed by atoms with Crippen LogP contribution in [0, 0.1) is 5.92 Å². The first-order chi connectivity index (χ1) is 7.36. The molecule has 1 saturated heterocycles. The summed E-state index contributed by atoms with van der Waals surface area (Å²) in [5, 5.41) is 0. The molecule has 0 aromatic rings. The van der Waals surface area contributed by atoms with Crippen molar-refractivity contribution in [1.29, 1.82) is 0 Å². The first-order valence-electron chi connectivity index (χ1n) is 6.31. The fourth-order valence-corrected chi connectivity index (χ4v) is 3.67. The summed E-state index contributed by atoms with van der Waals surface area (Å²) in [5.41, 5.74) is 6.24. The predicted molar refractivity (Wildman–Crippen MR) is 66.2 cm³/mol. The summed E-state index contributed by atoms with van der Waals surface area (Å²) in [5.74, 6) is 3.13. The Labute approximate surface area is 97.3 Å². The van der Waals surface area contributed by atoms with Crippen molar-refractivity contribution in [2.75, 3.05) is 18.1 Å². The third-order valence-corrected chi connectivity index (χ3v) is 4.67. The first-order valence-corrected chi connectivity index (χ1v) is 7.46. The third-order valence-electron chi connectivity index (χ3n) is 3.65. The zero-order valence-corrected chi connectivity index (χ0v) is 10.3. The van der Waals surface area contributed by atoms with E-state index < -0.39 is 0 Å². The Morgan fingerprint density at radius 3 is 2.73 bits per heavy atom. The second-order valence-electron chi connectivity index (χ2n) is 4.89. The smallest absolute Gasteiger partial charge is 0.0816 e. The van der Waals surface area contributed by atoms with Crippen molar-refractivity contribution in [2.24, 2.45) is 11.7 Å². The monoisotopic (exact) mass is 229 g/mol. The maximum atomic E-state index is 6.24. The molecule has 0 amide bonds. The Bertz CT molecular complexity index is 176. The first kappa shape index (κ1) is 11.7. The van der Waals surface area contributed by atoms with Crippen molar-refractivity contribution in [3.8, 4) is 0 Å². The van der Waals surface area contributed by atoms with Crippen LogP contribution in [0.3, 0.4) is 0 Å². The lowest BCUT2D eigenvalue weighted by molar-refractivity contribution is 0.0491. The molecule has 88 valence electrons. The van der Waals surface area contributed by atoms with Crippen LogP contribution in [0.15, 0.2) is 0 Å². The molecule has 1 aliphatic heterocycles. The highest BCUT2D eigenvalue weighted by atomic mass is 32.2. The average Bonchev–Trinajstić information content (AvgIpc) is 2.31. The van der Waals surface area contributed by atoms with Crippen LogP contribution in [0.4, 0.5) is 0 Å². The maximum absolute atomic E-state index is 6.24. The highest BCUT2D eigenvalue weighted by Crippen LogP contribution is 2.28. The van der Waals surface area contributed by atoms with Crippen molar-refractivity contribution in [3.05, 3.63) is 0 Å². The van der Waals surface area contributed by atoms with E-state index >= 15 is 0 Å². The van der Waals surface area contributed by atoms with E-state index in [0.717, 1.165) is 24.0 Å². The van der Waals surface area contributed by atoms with E-state index in [0.29, 0.717) is 6.10 Å². The van der Waals surface area contributed by atoms with Gasteiger partial charge in [-0.25, -0.2) is 0 Å². The topological polar surface area (TPSA) is 35.2 Å². The van der Waals surface area contributed by atoms with Gasteiger partial charge < -0.3 is 10.5 Å². The van der Waals surface area contributed by atoms with Gasteiger partial charge in [-0.1, -0.05) is 32.1 Å². The number of hydrogen-bond acceptors (Lipinski definition) is 3. The van der Waals surface area contributed by atoms with Gasteiger partial charge in [-0.3, -0.25) is 0 Å². The lowest BCUT2D eigenvalue weighted by Gasteiger charge is -2.31. The van der Waals surface area contributed by atoms with Gasteiger partial charge in [0.15, 0.2) is 0 Å². The summed E-state index contributed by atoms with van der Waals surface area (Å²) in [7, 11) is 0. The number of nitrogens with two attached hydrogens (primary N) is 1. The molecule has 2 nitrogen and oxygen atoms in total. The fraction of sp³-hybridized carbons (Fsp3) is 1.00. The predicted octanol–water partition coefficient (Wildman–Crippen LogP) is 2.42. The zero-order chi connectivity index (χ0) is 10.5. The summed E-state index contributed by atoms with van der Waals surface area (Å²) < 4.78 is 5.74. The number of ether oxygens (including phenoxy) is 1. The second-order valence-corrected chi connectivity index (χ2v) is 6.04. The van der Waals surface area contributed by atoms with E-state index in [1.807, 2.05) is 11.8 Å². The van der Waals surface area contributed by atoms with Gasteiger partial charge >= 0.3 is 0 Å². The second kappa shape index (κ2) is 6.12. The van der Waals surface area contributed by atoms with Crippen molar-refractivity contribution >= 4 is 11.8 Å². The van der Waals surface area contributed by atoms with Crippen molar-refractivity contribution in [3.63, 3.8) is 0 Å². The number of rotatable bonds is 3. The summed E-state index contributed by atoms with van der Waals surface area (Å²) >= 11 is 1.99. The van der Waals surface area contributed by atoms with Gasteiger partial charge in [0.2, 0.25) is 0 Å². The van der Waals surface area contributed by atoms with E-state index in [9.17, 15) is 0 Å². The lowest BCUT2D eigenvalue weighted by Crippen LogP contribution is -2.42. The van der Waals surface area contributed by atoms with Crippen LogP contribution in [0.2, 0.25) is 0 Å². The standard InChI is InChI=1S/C12H23NOS/c13-11(12-9-15-7-6-14-12)8-10-4-2-1-3-5-10/h10-12H,1-9,13H2. The van der Waals surface area contributed by atoms with Crippen LogP contribution < -0.4 is 5.73 Å². The number of thioether (sulfide) groups is 1. The van der Waals surface area contributed by atoms with Gasteiger partial charge in [0.25, 0.3) is 0 Å². The third kappa shape index (κ3) is 3.65. The van der Waals surface area contributed by atoms with Crippen LogP contribution in [0.1, 0.15) is 38.5 Å². The van der Waals surface area contributed by atoms with Crippen LogP contribution in [0.5, 0.6) is 0 Å². The Morgan fingerprint density at radius 1 is 1.27 bits per heavy atom. The van der Waals surface area contributed by atoms with Crippen LogP contribution in [0.25, 0.3) is 0 Å². The Morgan fingerprint density at radius 2 is 2.07 bits per heavy atom. The van der Waals surface area contributed by atoms with E-state index in [1.54, 1.807) is 0 Å². The van der Waals surface area contributed by atoms with E-state index in [2.05, 4.69) is 0 Å². The van der Waals surface area contributed by atoms with E-state index in [1.165, 1.54) is 38.5 Å². The maximum Gasteiger partial charge on any atom is 0.0816 e. The van der Waals surface area contributed by atoms with Crippen LogP contribution in [-0.2, 0) is 4.74 Å². The highest BCUT2D eigenvalue weighted by Gasteiger charge is 2.25. The van der Waals surface area contributed by atoms with Crippen molar-refractivity contribution in [2.45, 2.75) is 50.7 Å². The molecular weight excluding hydrogens is 206 g/mol. The number of hydrogen-bond donors (Lipinski definition) is 1. The summed E-state index contributed by atoms with van der Waals surface area (Å²) in [6, 6.07) is 0.279. The van der Waals surface area contributed by atoms with Gasteiger partial charge in [-0.05, 0) is 12.3 Å². The van der Waals surface area contributed by atoms with Crippen molar-refractivity contribution in [1.82, 2.24) is 0 Å². The van der Waals surface area contributed by atoms with Gasteiger partial charge in [0.1, 0.15) is 0 Å². The van der Waals surface area contributed by atoms with Gasteiger partial charge in [-0.2, -0.15) is 11.8 Å². The minimum Gasteiger partial charge on any atom is -0.375 e. The molecule has 2 fully saturated rings. The fourth-order valence-electron chi connectivity index (χ4n) is 2.71. The molecule has 1 heterocycles. The quantitative estimate of drug-likeness (QED) is 0.807. The molecule has 0 aromatic carbocycles. The zero-order valence-electron chi connectivity index (χ0n) is 9.49. The SMILES string of the molecule is NC(CC1CCCCC1)C1CSCCO1. The summed E-state index contributed by atoms with van der Waals surface area (Å²) in [6.45, 7) is 0.897. The molecule has 2 rings (SSSR count). The molecule has 0 bridgehead atoms. The largest absolute Gasteiger partial charge is 0.375 e. The molecule has 0 radical (unpaired) electrons. The molecule has 3 heteroatoms. The molecule has 0 spiro atoms. The average molecular weight is 229 g/mol. The van der Waals surface area contributed by atoms with Crippen molar-refractivity contribution < 1.29 is 4.74 Å². The van der Waals surface area contributed by atoms with Gasteiger partial charge in [-0.15, -0.1) is 0 Å². The van der Waals surface area contributed by atoms with Crippen LogP contribution >= 0.6 is 11.8 Å². The van der Waals surface area contributed by atoms with Crippen LogP contribution in [-0.4, -0.2) is 30.3 Å². The minimum absolute atomic E-state index is 0.279. The van der Waals surface area contributed by atoms with E-state index in [-0.39, 0.29) is 6.04 Å². The Balaban J connectivity index is 1.72. The Hall–Kier alpha value is 0.270. The summed E-state index contributed by atoms with van der Waals surface area (Å²) in [4.78, 5) is 0. The molecule has 1 aliphatic carbocycles. The molecule has 2 N–H and O–H groups in total. The normalized spacial score (nSPS) is 31.4. The highest BCUT2D eigenvalue weighted by molar-refractivity contribution is 7.99. The molecule has 1 saturated carbocycles. The molecule has 15 heavy (non-hydrogen) atoms.